The molecule has 0 amide bonds. The molecule has 2 aromatic heterocycles. The van der Waals surface area contributed by atoms with E-state index in [1.807, 2.05) is 13.0 Å². The molecule has 3 rings (SSSR count). The van der Waals surface area contributed by atoms with E-state index in [0.717, 1.165) is 17.0 Å². The zero-order chi connectivity index (χ0) is 17.8. The number of rotatable bonds is 5. The summed E-state index contributed by atoms with van der Waals surface area (Å²) < 4.78 is 6.39. The third kappa shape index (κ3) is 4.32. The van der Waals surface area contributed by atoms with Crippen LogP contribution in [0.15, 0.2) is 41.2 Å². The van der Waals surface area contributed by atoms with Crippen molar-refractivity contribution in [3.8, 4) is 0 Å². The lowest BCUT2D eigenvalue weighted by molar-refractivity contribution is -0.139. The van der Waals surface area contributed by atoms with Crippen LogP contribution in [0.5, 0.6) is 0 Å². The molecule has 128 valence electrons. The Morgan fingerprint density at radius 2 is 2.24 bits per heavy atom. The summed E-state index contributed by atoms with van der Waals surface area (Å²) in [4.78, 5) is 28.6. The van der Waals surface area contributed by atoms with Crippen molar-refractivity contribution in [2.45, 2.75) is 20.0 Å². The van der Waals surface area contributed by atoms with Gasteiger partial charge >= 0.3 is 5.97 Å². The van der Waals surface area contributed by atoms with Crippen LogP contribution in [-0.4, -0.2) is 20.6 Å². The number of carbonyl (C=O) groups is 1. The molecule has 25 heavy (non-hydrogen) atoms. The average molecular weight is 376 g/mol. The highest BCUT2D eigenvalue weighted by molar-refractivity contribution is 7.16. The van der Waals surface area contributed by atoms with E-state index in [0.29, 0.717) is 15.7 Å². The SMILES string of the molecule is CCc1nn2c(=O)cc(COC(=O)C=Cc3cccc(Cl)c3)nc2s1. The van der Waals surface area contributed by atoms with Crippen molar-refractivity contribution < 1.29 is 9.53 Å². The van der Waals surface area contributed by atoms with Crippen molar-refractivity contribution in [3.05, 3.63) is 68.0 Å². The molecule has 2 heterocycles. The number of halogens is 1. The van der Waals surface area contributed by atoms with Crippen LogP contribution in [0.3, 0.4) is 0 Å². The first kappa shape index (κ1) is 17.3. The number of hydrogen-bond donors (Lipinski definition) is 0. The maximum Gasteiger partial charge on any atom is 0.331 e. The zero-order valence-electron chi connectivity index (χ0n) is 13.3. The van der Waals surface area contributed by atoms with Gasteiger partial charge in [0.2, 0.25) is 4.96 Å². The highest BCUT2D eigenvalue weighted by atomic mass is 35.5. The molecule has 0 aliphatic heterocycles. The molecule has 3 aromatic rings. The molecule has 6 nitrogen and oxygen atoms in total. The Kier molecular flexibility index (Phi) is 5.25. The fourth-order valence-corrected chi connectivity index (χ4v) is 3.14. The smallest absolute Gasteiger partial charge is 0.331 e. The van der Waals surface area contributed by atoms with Crippen LogP contribution in [0.25, 0.3) is 11.0 Å². The number of carbonyl (C=O) groups excluding carboxylic acids is 1. The fourth-order valence-electron chi connectivity index (χ4n) is 2.08. The Hall–Kier alpha value is -2.51. The number of esters is 1. The molecule has 1 aromatic carbocycles. The molecule has 0 saturated carbocycles. The minimum atomic E-state index is -0.527. The second kappa shape index (κ2) is 7.58. The third-order valence-electron chi connectivity index (χ3n) is 3.27. The highest BCUT2D eigenvalue weighted by Crippen LogP contribution is 2.13. The van der Waals surface area contributed by atoms with Crippen LogP contribution in [0.1, 0.15) is 23.2 Å². The van der Waals surface area contributed by atoms with Crippen molar-refractivity contribution >= 4 is 39.9 Å². The molecule has 0 aliphatic carbocycles. The van der Waals surface area contributed by atoms with Gasteiger partial charge < -0.3 is 4.74 Å². The first-order valence-electron chi connectivity index (χ1n) is 7.54. The van der Waals surface area contributed by atoms with Crippen LogP contribution >= 0.6 is 22.9 Å². The van der Waals surface area contributed by atoms with Gasteiger partial charge in [-0.25, -0.2) is 9.78 Å². The molecule has 0 unspecified atom stereocenters. The van der Waals surface area contributed by atoms with Gasteiger partial charge in [0, 0.05) is 17.2 Å². The number of benzene rings is 1. The van der Waals surface area contributed by atoms with E-state index in [1.165, 1.54) is 28.0 Å². The van der Waals surface area contributed by atoms with E-state index in [1.54, 1.807) is 24.3 Å². The van der Waals surface area contributed by atoms with Crippen molar-refractivity contribution in [1.82, 2.24) is 14.6 Å². The zero-order valence-corrected chi connectivity index (χ0v) is 14.9. The van der Waals surface area contributed by atoms with Crippen molar-refractivity contribution in [1.29, 1.82) is 0 Å². The standard InChI is InChI=1S/C17H14ClN3O3S/c1-2-14-20-21-15(22)9-13(19-17(21)25-14)10-24-16(23)7-6-11-4-3-5-12(18)8-11/h3-9H,2,10H2,1H3. The van der Waals surface area contributed by atoms with Gasteiger partial charge in [-0.05, 0) is 30.2 Å². The normalized spacial score (nSPS) is 11.3. The molecule has 0 fully saturated rings. The summed E-state index contributed by atoms with van der Waals surface area (Å²) >= 11 is 7.22. The lowest BCUT2D eigenvalue weighted by Gasteiger charge is -2.01. The topological polar surface area (TPSA) is 73.6 Å². The van der Waals surface area contributed by atoms with Crippen molar-refractivity contribution in [3.63, 3.8) is 0 Å². The van der Waals surface area contributed by atoms with Gasteiger partial charge in [0.1, 0.15) is 11.6 Å². The third-order valence-corrected chi connectivity index (χ3v) is 4.55. The molecular formula is C17H14ClN3O3S. The number of aromatic nitrogens is 3. The summed E-state index contributed by atoms with van der Waals surface area (Å²) in [6.45, 7) is 1.88. The minimum absolute atomic E-state index is 0.0795. The van der Waals surface area contributed by atoms with Gasteiger partial charge in [0.05, 0.1) is 5.69 Å². The molecule has 0 atom stereocenters. The van der Waals surface area contributed by atoms with Gasteiger partial charge in [-0.3, -0.25) is 4.79 Å². The maximum atomic E-state index is 12.0. The molecule has 8 heteroatoms. The highest BCUT2D eigenvalue weighted by Gasteiger charge is 2.09. The second-order valence-electron chi connectivity index (χ2n) is 5.13. The second-order valence-corrected chi connectivity index (χ2v) is 6.60. The summed E-state index contributed by atoms with van der Waals surface area (Å²) in [5.74, 6) is -0.527. The lowest BCUT2D eigenvalue weighted by atomic mass is 10.2. The summed E-state index contributed by atoms with van der Waals surface area (Å²) in [5.41, 5.74) is 0.890. The number of ether oxygens (including phenoxy) is 1. The lowest BCUT2D eigenvalue weighted by Crippen LogP contribution is -2.16. The fraction of sp³-hybridized carbons (Fsp3) is 0.176. The number of nitrogens with zero attached hydrogens (tertiary/aromatic N) is 3. The summed E-state index contributed by atoms with van der Waals surface area (Å²) in [6.07, 6.45) is 3.64. The van der Waals surface area contributed by atoms with Gasteiger partial charge in [-0.1, -0.05) is 42.0 Å². The summed E-state index contributed by atoms with van der Waals surface area (Å²) in [6, 6.07) is 8.42. The van der Waals surface area contributed by atoms with Crippen LogP contribution < -0.4 is 5.56 Å². The summed E-state index contributed by atoms with van der Waals surface area (Å²) in [7, 11) is 0. The molecule has 0 spiro atoms. The Labute approximate surface area is 152 Å². The molecular weight excluding hydrogens is 362 g/mol. The number of aryl methyl sites for hydroxylation is 1. The molecule has 0 saturated heterocycles. The first-order chi connectivity index (χ1) is 12.0. The van der Waals surface area contributed by atoms with Gasteiger partial charge in [0.25, 0.3) is 5.56 Å². The van der Waals surface area contributed by atoms with Crippen LogP contribution in [0.2, 0.25) is 5.02 Å². The van der Waals surface area contributed by atoms with Gasteiger partial charge in [-0.2, -0.15) is 9.61 Å². The van der Waals surface area contributed by atoms with E-state index >= 15 is 0 Å². The van der Waals surface area contributed by atoms with Gasteiger partial charge in [-0.15, -0.1) is 0 Å². The molecule has 0 N–H and O–H groups in total. The van der Waals surface area contributed by atoms with E-state index < -0.39 is 5.97 Å². The number of fused-ring (bicyclic) bond motifs is 1. The molecule has 0 bridgehead atoms. The summed E-state index contributed by atoms with van der Waals surface area (Å²) in [5, 5.41) is 5.58. The molecule has 0 aliphatic rings. The Balaban J connectivity index is 1.67. The van der Waals surface area contributed by atoms with Gasteiger partial charge in [0.15, 0.2) is 0 Å². The molecule has 0 radical (unpaired) electrons. The first-order valence-corrected chi connectivity index (χ1v) is 8.73. The predicted molar refractivity (Wildman–Crippen MR) is 96.8 cm³/mol. The van der Waals surface area contributed by atoms with Crippen LogP contribution in [0.4, 0.5) is 0 Å². The van der Waals surface area contributed by atoms with Crippen molar-refractivity contribution in [2.24, 2.45) is 0 Å². The van der Waals surface area contributed by atoms with E-state index in [4.69, 9.17) is 16.3 Å². The predicted octanol–water partition coefficient (Wildman–Crippen LogP) is 3.12. The van der Waals surface area contributed by atoms with Crippen LogP contribution in [0, 0.1) is 0 Å². The maximum absolute atomic E-state index is 12.0. The number of hydrogen-bond acceptors (Lipinski definition) is 6. The Morgan fingerprint density at radius 1 is 1.40 bits per heavy atom. The monoisotopic (exact) mass is 375 g/mol. The van der Waals surface area contributed by atoms with E-state index in [9.17, 15) is 9.59 Å². The van der Waals surface area contributed by atoms with E-state index in [-0.39, 0.29) is 12.2 Å². The van der Waals surface area contributed by atoms with Crippen molar-refractivity contribution in [2.75, 3.05) is 0 Å². The van der Waals surface area contributed by atoms with Crippen LogP contribution in [-0.2, 0) is 22.6 Å². The minimum Gasteiger partial charge on any atom is -0.456 e. The largest absolute Gasteiger partial charge is 0.456 e. The quantitative estimate of drug-likeness (QED) is 0.506. The average Bonchev–Trinajstić information content (AvgIpc) is 3.02. The van der Waals surface area contributed by atoms with E-state index in [2.05, 4.69) is 10.1 Å². The Morgan fingerprint density at radius 3 is 3.00 bits per heavy atom. The Bertz CT molecular complexity index is 1010.